The third-order valence-corrected chi connectivity index (χ3v) is 5.10. The summed E-state index contributed by atoms with van der Waals surface area (Å²) in [5.74, 6) is -0.273. The molecule has 26 heavy (non-hydrogen) atoms. The molecule has 0 aliphatic heterocycles. The summed E-state index contributed by atoms with van der Waals surface area (Å²) >= 11 is 14.6. The molecule has 3 aromatic rings. The van der Waals surface area contributed by atoms with Gasteiger partial charge in [-0.1, -0.05) is 54.1 Å². The van der Waals surface area contributed by atoms with Crippen LogP contribution in [-0.4, -0.2) is 11.0 Å². The molecule has 3 nitrogen and oxygen atoms in total. The van der Waals surface area contributed by atoms with Crippen molar-refractivity contribution in [3.63, 3.8) is 0 Å². The van der Waals surface area contributed by atoms with E-state index in [0.717, 1.165) is 15.6 Å². The summed E-state index contributed by atoms with van der Waals surface area (Å²) in [6.07, 6.45) is 0. The van der Waals surface area contributed by atoms with Crippen LogP contribution in [0.2, 0.25) is 5.02 Å². The van der Waals surface area contributed by atoms with E-state index in [-0.39, 0.29) is 11.0 Å². The first-order chi connectivity index (χ1) is 12.5. The van der Waals surface area contributed by atoms with Crippen molar-refractivity contribution in [1.82, 2.24) is 5.32 Å². The Morgan fingerprint density at radius 2 is 1.58 bits per heavy atom. The van der Waals surface area contributed by atoms with Crippen molar-refractivity contribution in [2.45, 2.75) is 0 Å². The maximum absolute atomic E-state index is 12.3. The number of nitrogens with one attached hydrogen (secondary N) is 2. The molecule has 0 fully saturated rings. The van der Waals surface area contributed by atoms with Crippen LogP contribution >= 0.6 is 39.7 Å². The number of carbonyl (C=O) groups is 1. The fraction of sp³-hybridized carbons (Fsp3) is 0. The minimum atomic E-state index is -0.273. The van der Waals surface area contributed by atoms with Gasteiger partial charge in [0.2, 0.25) is 0 Å². The van der Waals surface area contributed by atoms with E-state index in [1.54, 1.807) is 24.3 Å². The standard InChI is InChI=1S/C20H14BrClN2OS/c21-17-11-10-16(12-18(17)22)23-20(26)24-19(25)15-8-6-14(7-9-15)13-4-2-1-3-5-13/h1-12H,(H2,23,24,25,26). The smallest absolute Gasteiger partial charge is 0.257 e. The molecule has 0 bridgehead atoms. The van der Waals surface area contributed by atoms with Gasteiger partial charge in [0, 0.05) is 15.7 Å². The van der Waals surface area contributed by atoms with Crippen molar-refractivity contribution >= 4 is 56.5 Å². The number of benzene rings is 3. The van der Waals surface area contributed by atoms with Crippen molar-refractivity contribution in [1.29, 1.82) is 0 Å². The van der Waals surface area contributed by atoms with E-state index in [1.807, 2.05) is 48.5 Å². The number of hydrogen-bond donors (Lipinski definition) is 2. The number of carbonyl (C=O) groups excluding carboxylic acids is 1. The SMILES string of the molecule is O=C(NC(=S)Nc1ccc(Br)c(Cl)c1)c1ccc(-c2ccccc2)cc1. The second kappa shape index (κ2) is 8.45. The zero-order valence-corrected chi connectivity index (χ0v) is 16.7. The second-order valence-electron chi connectivity index (χ2n) is 5.48. The first kappa shape index (κ1) is 18.6. The lowest BCUT2D eigenvalue weighted by Gasteiger charge is -2.10. The maximum atomic E-state index is 12.3. The summed E-state index contributed by atoms with van der Waals surface area (Å²) in [7, 11) is 0. The van der Waals surface area contributed by atoms with Gasteiger partial charge in [0.15, 0.2) is 5.11 Å². The minimum absolute atomic E-state index is 0.209. The van der Waals surface area contributed by atoms with E-state index in [0.29, 0.717) is 16.3 Å². The molecule has 130 valence electrons. The average Bonchev–Trinajstić information content (AvgIpc) is 2.65. The van der Waals surface area contributed by atoms with Gasteiger partial charge in [0.05, 0.1) is 5.02 Å². The topological polar surface area (TPSA) is 41.1 Å². The van der Waals surface area contributed by atoms with Gasteiger partial charge in [-0.05, 0) is 69.6 Å². The molecule has 0 unspecified atom stereocenters. The van der Waals surface area contributed by atoms with E-state index >= 15 is 0 Å². The van der Waals surface area contributed by atoms with Crippen LogP contribution in [0.15, 0.2) is 77.3 Å². The van der Waals surface area contributed by atoms with E-state index < -0.39 is 0 Å². The highest BCUT2D eigenvalue weighted by molar-refractivity contribution is 9.10. The first-order valence-corrected chi connectivity index (χ1v) is 9.34. The molecule has 0 saturated heterocycles. The fourth-order valence-corrected chi connectivity index (χ4v) is 2.99. The number of rotatable bonds is 3. The predicted octanol–water partition coefficient (Wildman–Crippen LogP) is 5.90. The lowest BCUT2D eigenvalue weighted by Crippen LogP contribution is -2.34. The van der Waals surface area contributed by atoms with Crippen LogP contribution in [0.3, 0.4) is 0 Å². The van der Waals surface area contributed by atoms with Crippen LogP contribution in [-0.2, 0) is 0 Å². The van der Waals surface area contributed by atoms with Crippen molar-refractivity contribution in [3.8, 4) is 11.1 Å². The normalized spacial score (nSPS) is 10.2. The Morgan fingerprint density at radius 3 is 2.23 bits per heavy atom. The van der Waals surface area contributed by atoms with E-state index in [4.69, 9.17) is 23.8 Å². The highest BCUT2D eigenvalue weighted by Crippen LogP contribution is 2.25. The third kappa shape index (κ3) is 4.69. The monoisotopic (exact) mass is 444 g/mol. The Labute approximate surface area is 170 Å². The van der Waals surface area contributed by atoms with Gasteiger partial charge < -0.3 is 5.32 Å². The molecule has 3 aromatic carbocycles. The highest BCUT2D eigenvalue weighted by Gasteiger charge is 2.09. The van der Waals surface area contributed by atoms with Gasteiger partial charge >= 0.3 is 0 Å². The van der Waals surface area contributed by atoms with Gasteiger partial charge in [0.25, 0.3) is 5.91 Å². The molecular weight excluding hydrogens is 432 g/mol. The van der Waals surface area contributed by atoms with Crippen LogP contribution in [0.25, 0.3) is 11.1 Å². The molecule has 0 heterocycles. The molecule has 3 rings (SSSR count). The maximum Gasteiger partial charge on any atom is 0.257 e. The van der Waals surface area contributed by atoms with Crippen LogP contribution in [0.1, 0.15) is 10.4 Å². The molecule has 0 atom stereocenters. The number of anilines is 1. The summed E-state index contributed by atoms with van der Waals surface area (Å²) in [5.41, 5.74) is 3.38. The molecule has 0 spiro atoms. The quantitative estimate of drug-likeness (QED) is 0.493. The zero-order chi connectivity index (χ0) is 18.5. The van der Waals surface area contributed by atoms with Crippen molar-refractivity contribution in [2.75, 3.05) is 5.32 Å². The molecule has 0 aromatic heterocycles. The van der Waals surface area contributed by atoms with Crippen LogP contribution in [0.5, 0.6) is 0 Å². The summed E-state index contributed by atoms with van der Waals surface area (Å²) in [4.78, 5) is 12.3. The molecule has 0 aliphatic carbocycles. The summed E-state index contributed by atoms with van der Waals surface area (Å²) < 4.78 is 0.790. The van der Waals surface area contributed by atoms with E-state index in [9.17, 15) is 4.79 Å². The summed E-state index contributed by atoms with van der Waals surface area (Å²) in [6, 6.07) is 22.7. The summed E-state index contributed by atoms with van der Waals surface area (Å²) in [5, 5.41) is 6.37. The van der Waals surface area contributed by atoms with Crippen molar-refractivity contribution in [2.24, 2.45) is 0 Å². The molecule has 0 radical (unpaired) electrons. The molecule has 0 saturated carbocycles. The molecular formula is C20H14BrClN2OS. The zero-order valence-electron chi connectivity index (χ0n) is 13.5. The van der Waals surface area contributed by atoms with Gasteiger partial charge in [0.1, 0.15) is 0 Å². The number of hydrogen-bond acceptors (Lipinski definition) is 2. The third-order valence-electron chi connectivity index (χ3n) is 3.66. The molecule has 1 amide bonds. The van der Waals surface area contributed by atoms with Gasteiger partial charge in [-0.3, -0.25) is 10.1 Å². The largest absolute Gasteiger partial charge is 0.332 e. The Morgan fingerprint density at radius 1 is 0.923 bits per heavy atom. The number of amides is 1. The Balaban J connectivity index is 1.64. The van der Waals surface area contributed by atoms with Crippen LogP contribution in [0, 0.1) is 0 Å². The van der Waals surface area contributed by atoms with Gasteiger partial charge in [-0.25, -0.2) is 0 Å². The number of halogens is 2. The van der Waals surface area contributed by atoms with E-state index in [2.05, 4.69) is 26.6 Å². The fourth-order valence-electron chi connectivity index (χ4n) is 2.36. The van der Waals surface area contributed by atoms with Gasteiger partial charge in [-0.2, -0.15) is 0 Å². The number of thiocarbonyl (C=S) groups is 1. The predicted molar refractivity (Wildman–Crippen MR) is 115 cm³/mol. The Bertz CT molecular complexity index is 946. The highest BCUT2D eigenvalue weighted by atomic mass is 79.9. The van der Waals surface area contributed by atoms with Crippen LogP contribution in [0.4, 0.5) is 5.69 Å². The Hall–Kier alpha value is -2.21. The Kier molecular flexibility index (Phi) is 6.04. The molecule has 2 N–H and O–H groups in total. The summed E-state index contributed by atoms with van der Waals surface area (Å²) in [6.45, 7) is 0. The lowest BCUT2D eigenvalue weighted by atomic mass is 10.0. The second-order valence-corrected chi connectivity index (χ2v) is 7.15. The molecule has 6 heteroatoms. The van der Waals surface area contributed by atoms with Crippen LogP contribution < -0.4 is 10.6 Å². The van der Waals surface area contributed by atoms with Crippen molar-refractivity contribution in [3.05, 3.63) is 87.9 Å². The van der Waals surface area contributed by atoms with Gasteiger partial charge in [-0.15, -0.1) is 0 Å². The minimum Gasteiger partial charge on any atom is -0.332 e. The lowest BCUT2D eigenvalue weighted by molar-refractivity contribution is 0.0978. The average molecular weight is 446 g/mol. The first-order valence-electron chi connectivity index (χ1n) is 7.76. The molecule has 0 aliphatic rings. The van der Waals surface area contributed by atoms with Crippen molar-refractivity contribution < 1.29 is 4.79 Å². The van der Waals surface area contributed by atoms with E-state index in [1.165, 1.54) is 0 Å².